The number of hydrogen-bond acceptors (Lipinski definition) is 2. The van der Waals surface area contributed by atoms with Crippen LogP contribution in [-0.4, -0.2) is 19.4 Å². The number of nitrogens with one attached hydrogen (secondary N) is 1. The fourth-order valence-corrected chi connectivity index (χ4v) is 0.323. The Morgan fingerprint density at radius 3 is 2.67 bits per heavy atom. The Balaban J connectivity index is 0.000000250. The molecule has 2 nitrogen and oxygen atoms in total. The molecule has 28 valence electrons. The van der Waals surface area contributed by atoms with Gasteiger partial charge in [-0.2, -0.15) is 0 Å². The summed E-state index contributed by atoms with van der Waals surface area (Å²) in [4.78, 5) is 3.85. The largest absolute Gasteiger partial charge is 4.00 e. The molecule has 3 heteroatoms. The SMILES string of the molecule is C1=NCCN1.[Ti+4]. The second kappa shape index (κ2) is 3.38. The van der Waals surface area contributed by atoms with Crippen LogP contribution in [0.5, 0.6) is 0 Å². The van der Waals surface area contributed by atoms with Crippen molar-refractivity contribution in [2.45, 2.75) is 0 Å². The zero-order valence-electron chi connectivity index (χ0n) is 3.44. The van der Waals surface area contributed by atoms with Gasteiger partial charge >= 0.3 is 21.7 Å². The van der Waals surface area contributed by atoms with Gasteiger partial charge in [-0.25, -0.2) is 0 Å². The van der Waals surface area contributed by atoms with Crippen molar-refractivity contribution in [1.29, 1.82) is 0 Å². The molecule has 1 aliphatic heterocycles. The molecule has 0 spiro atoms. The maximum absolute atomic E-state index is 3.85. The standard InChI is InChI=1S/C3H6N2.Ti/c1-2-5-3-4-1;/h3H,1-2H2,(H,4,5);/q;+4. The van der Waals surface area contributed by atoms with E-state index in [1.807, 2.05) is 0 Å². The molecular formula is C3H6N2Ti+4. The van der Waals surface area contributed by atoms with Gasteiger partial charge in [0.05, 0.1) is 12.9 Å². The minimum Gasteiger partial charge on any atom is -0.375 e. The van der Waals surface area contributed by atoms with Gasteiger partial charge in [0.1, 0.15) is 0 Å². The van der Waals surface area contributed by atoms with Crippen LogP contribution >= 0.6 is 0 Å². The van der Waals surface area contributed by atoms with Crippen LogP contribution in [0, 0.1) is 0 Å². The third-order valence-electron chi connectivity index (χ3n) is 0.568. The third-order valence-corrected chi connectivity index (χ3v) is 0.568. The summed E-state index contributed by atoms with van der Waals surface area (Å²) in [6, 6.07) is 0. The monoisotopic (exact) mass is 118 g/mol. The molecule has 1 aliphatic rings. The molecule has 1 heterocycles. The van der Waals surface area contributed by atoms with Crippen LogP contribution in [0.4, 0.5) is 0 Å². The van der Waals surface area contributed by atoms with Gasteiger partial charge < -0.3 is 5.32 Å². The molecule has 0 atom stereocenters. The molecule has 0 fully saturated rings. The molecule has 1 N–H and O–H groups in total. The van der Waals surface area contributed by atoms with Crippen LogP contribution in [0.15, 0.2) is 4.99 Å². The van der Waals surface area contributed by atoms with Crippen molar-refractivity contribution in [1.82, 2.24) is 5.32 Å². The first-order valence-electron chi connectivity index (χ1n) is 1.72. The van der Waals surface area contributed by atoms with E-state index < -0.39 is 0 Å². The van der Waals surface area contributed by atoms with Gasteiger partial charge in [-0.1, -0.05) is 0 Å². The van der Waals surface area contributed by atoms with E-state index in [0.717, 1.165) is 13.1 Å². The van der Waals surface area contributed by atoms with E-state index in [9.17, 15) is 0 Å². The van der Waals surface area contributed by atoms with Crippen LogP contribution in [0.2, 0.25) is 0 Å². The number of hydrogen-bond donors (Lipinski definition) is 1. The summed E-state index contributed by atoms with van der Waals surface area (Å²) in [5, 5.41) is 2.93. The molecule has 0 amide bonds. The fourth-order valence-electron chi connectivity index (χ4n) is 0.323. The van der Waals surface area contributed by atoms with E-state index in [1.54, 1.807) is 6.34 Å². The average Bonchev–Trinajstić information content (AvgIpc) is 1.76. The van der Waals surface area contributed by atoms with E-state index in [0.29, 0.717) is 0 Å². The first kappa shape index (κ1) is 6.18. The van der Waals surface area contributed by atoms with Crippen molar-refractivity contribution in [3.8, 4) is 0 Å². The quantitative estimate of drug-likeness (QED) is 0.430. The number of rotatable bonds is 0. The Kier molecular flexibility index (Phi) is 3.48. The van der Waals surface area contributed by atoms with Crippen LogP contribution in [-0.2, 0) is 21.7 Å². The zero-order valence-corrected chi connectivity index (χ0v) is 5.00. The Morgan fingerprint density at radius 2 is 2.50 bits per heavy atom. The van der Waals surface area contributed by atoms with Gasteiger partial charge in [0.25, 0.3) is 0 Å². The van der Waals surface area contributed by atoms with Gasteiger partial charge in [0, 0.05) is 6.54 Å². The van der Waals surface area contributed by atoms with Crippen molar-refractivity contribution in [2.75, 3.05) is 13.1 Å². The molecule has 0 radical (unpaired) electrons. The molecule has 0 unspecified atom stereocenters. The predicted molar refractivity (Wildman–Crippen MR) is 21.4 cm³/mol. The molecule has 0 aromatic heterocycles. The summed E-state index contributed by atoms with van der Waals surface area (Å²) in [5.41, 5.74) is 0. The van der Waals surface area contributed by atoms with Crippen molar-refractivity contribution < 1.29 is 21.7 Å². The van der Waals surface area contributed by atoms with Gasteiger partial charge in [0.15, 0.2) is 0 Å². The molecule has 0 aliphatic carbocycles. The van der Waals surface area contributed by atoms with Crippen LogP contribution < -0.4 is 5.32 Å². The number of aliphatic imine (C=N–C) groups is 1. The second-order valence-electron chi connectivity index (χ2n) is 0.989. The summed E-state index contributed by atoms with van der Waals surface area (Å²) in [6.07, 6.45) is 1.74. The Bertz CT molecular complexity index is 46.8. The first-order valence-corrected chi connectivity index (χ1v) is 1.72. The summed E-state index contributed by atoms with van der Waals surface area (Å²) in [7, 11) is 0. The van der Waals surface area contributed by atoms with Crippen molar-refractivity contribution in [2.24, 2.45) is 4.99 Å². The second-order valence-corrected chi connectivity index (χ2v) is 0.989. The van der Waals surface area contributed by atoms with Crippen LogP contribution in [0.25, 0.3) is 0 Å². The molecule has 0 aromatic carbocycles. The van der Waals surface area contributed by atoms with Crippen LogP contribution in [0.1, 0.15) is 0 Å². The topological polar surface area (TPSA) is 24.4 Å². The third kappa shape index (κ3) is 1.58. The van der Waals surface area contributed by atoms with Gasteiger partial charge in [0.2, 0.25) is 0 Å². The smallest absolute Gasteiger partial charge is 0.375 e. The molecule has 1 rings (SSSR count). The maximum atomic E-state index is 3.85. The van der Waals surface area contributed by atoms with Gasteiger partial charge in [-0.3, -0.25) is 4.99 Å². The maximum Gasteiger partial charge on any atom is 4.00 e. The Morgan fingerprint density at radius 1 is 1.67 bits per heavy atom. The van der Waals surface area contributed by atoms with Gasteiger partial charge in [-0.15, -0.1) is 0 Å². The van der Waals surface area contributed by atoms with E-state index in [2.05, 4.69) is 10.3 Å². The Labute approximate surface area is 51.9 Å². The average molecular weight is 118 g/mol. The molecule has 0 bridgehead atoms. The molecule has 6 heavy (non-hydrogen) atoms. The minimum atomic E-state index is 0. The minimum absolute atomic E-state index is 0. The van der Waals surface area contributed by atoms with E-state index in [1.165, 1.54) is 0 Å². The first-order chi connectivity index (χ1) is 2.50. The van der Waals surface area contributed by atoms with Crippen molar-refractivity contribution in [3.05, 3.63) is 0 Å². The molecular weight excluding hydrogens is 112 g/mol. The zero-order chi connectivity index (χ0) is 3.54. The fraction of sp³-hybridized carbons (Fsp3) is 0.667. The van der Waals surface area contributed by atoms with E-state index in [4.69, 9.17) is 0 Å². The summed E-state index contributed by atoms with van der Waals surface area (Å²) in [6.45, 7) is 1.99. The van der Waals surface area contributed by atoms with E-state index >= 15 is 0 Å². The van der Waals surface area contributed by atoms with Crippen molar-refractivity contribution in [3.63, 3.8) is 0 Å². The molecule has 0 saturated heterocycles. The van der Waals surface area contributed by atoms with Crippen molar-refractivity contribution >= 4 is 6.34 Å². The Hall–Kier alpha value is 0.184. The van der Waals surface area contributed by atoms with Gasteiger partial charge in [-0.05, 0) is 0 Å². The summed E-state index contributed by atoms with van der Waals surface area (Å²) >= 11 is 0. The summed E-state index contributed by atoms with van der Waals surface area (Å²) in [5.74, 6) is 0. The normalized spacial score (nSPS) is 16.0. The molecule has 0 aromatic rings. The van der Waals surface area contributed by atoms with Crippen LogP contribution in [0.3, 0.4) is 0 Å². The summed E-state index contributed by atoms with van der Waals surface area (Å²) < 4.78 is 0. The number of nitrogens with zero attached hydrogens (tertiary/aromatic N) is 1. The molecule has 0 saturated carbocycles. The van der Waals surface area contributed by atoms with E-state index in [-0.39, 0.29) is 21.7 Å². The predicted octanol–water partition coefficient (Wildman–Crippen LogP) is -0.385.